The van der Waals surface area contributed by atoms with Crippen LogP contribution in [0.15, 0.2) is 42.5 Å². The standard InChI is InChI=1S/C18H19N3O3/c1-12-9-16(21(23)24)5-6-17(12)13-3-2-4-14(10-13)18(22)20-8-7-15(19)11-20/h2-6,9-10,15H,7-8,11,19H2,1H3. The van der Waals surface area contributed by atoms with Crippen molar-refractivity contribution < 1.29 is 9.72 Å². The maximum atomic E-state index is 12.6. The van der Waals surface area contributed by atoms with Gasteiger partial charge in [-0.05, 0) is 48.2 Å². The minimum atomic E-state index is -0.409. The third-order valence-corrected chi connectivity index (χ3v) is 4.35. The molecule has 124 valence electrons. The van der Waals surface area contributed by atoms with Crippen LogP contribution in [0.3, 0.4) is 0 Å². The van der Waals surface area contributed by atoms with Crippen LogP contribution in [0.5, 0.6) is 0 Å². The summed E-state index contributed by atoms with van der Waals surface area (Å²) in [6.07, 6.45) is 0.826. The van der Waals surface area contributed by atoms with Gasteiger partial charge in [0.25, 0.3) is 11.6 Å². The molecule has 1 heterocycles. The van der Waals surface area contributed by atoms with E-state index >= 15 is 0 Å². The Morgan fingerprint density at radius 1 is 1.29 bits per heavy atom. The average Bonchev–Trinajstić information content (AvgIpc) is 3.00. The fourth-order valence-corrected chi connectivity index (χ4v) is 3.06. The molecule has 0 spiro atoms. The molecule has 6 nitrogen and oxygen atoms in total. The molecule has 1 aliphatic rings. The number of aryl methyl sites for hydroxylation is 1. The molecule has 1 atom stereocenters. The lowest BCUT2D eigenvalue weighted by atomic mass is 9.98. The van der Waals surface area contributed by atoms with E-state index in [9.17, 15) is 14.9 Å². The van der Waals surface area contributed by atoms with E-state index in [1.54, 1.807) is 23.1 Å². The van der Waals surface area contributed by atoms with E-state index in [1.165, 1.54) is 6.07 Å². The lowest BCUT2D eigenvalue weighted by molar-refractivity contribution is -0.384. The van der Waals surface area contributed by atoms with Gasteiger partial charge in [0.1, 0.15) is 0 Å². The van der Waals surface area contributed by atoms with Crippen molar-refractivity contribution in [2.24, 2.45) is 5.73 Å². The molecule has 1 unspecified atom stereocenters. The van der Waals surface area contributed by atoms with E-state index in [-0.39, 0.29) is 17.6 Å². The first-order valence-electron chi connectivity index (χ1n) is 7.86. The Morgan fingerprint density at radius 3 is 2.71 bits per heavy atom. The molecule has 3 rings (SSSR count). The maximum Gasteiger partial charge on any atom is 0.269 e. The molecule has 0 aliphatic carbocycles. The molecule has 0 saturated carbocycles. The molecule has 2 aromatic carbocycles. The second kappa shape index (κ2) is 6.41. The van der Waals surface area contributed by atoms with Gasteiger partial charge < -0.3 is 10.6 Å². The van der Waals surface area contributed by atoms with Gasteiger partial charge in [-0.15, -0.1) is 0 Å². The van der Waals surface area contributed by atoms with Gasteiger partial charge in [-0.3, -0.25) is 14.9 Å². The number of amides is 1. The number of carbonyl (C=O) groups excluding carboxylic acids is 1. The van der Waals surface area contributed by atoms with E-state index in [0.717, 1.165) is 23.1 Å². The third kappa shape index (κ3) is 3.14. The minimum absolute atomic E-state index is 0.0237. The predicted molar refractivity (Wildman–Crippen MR) is 91.8 cm³/mol. The van der Waals surface area contributed by atoms with E-state index in [0.29, 0.717) is 18.7 Å². The van der Waals surface area contributed by atoms with Crippen LogP contribution in [0, 0.1) is 17.0 Å². The van der Waals surface area contributed by atoms with Gasteiger partial charge in [0.2, 0.25) is 0 Å². The van der Waals surface area contributed by atoms with Crippen molar-refractivity contribution >= 4 is 11.6 Å². The molecule has 2 aromatic rings. The van der Waals surface area contributed by atoms with Gasteiger partial charge in [-0.1, -0.05) is 12.1 Å². The molecule has 1 amide bonds. The Bertz CT molecular complexity index is 804. The van der Waals surface area contributed by atoms with Crippen LogP contribution in [0.2, 0.25) is 0 Å². The van der Waals surface area contributed by atoms with Gasteiger partial charge in [0.05, 0.1) is 4.92 Å². The van der Waals surface area contributed by atoms with E-state index in [2.05, 4.69) is 0 Å². The summed E-state index contributed by atoms with van der Waals surface area (Å²) in [4.78, 5) is 24.8. The van der Waals surface area contributed by atoms with Crippen molar-refractivity contribution in [1.29, 1.82) is 0 Å². The first-order valence-corrected chi connectivity index (χ1v) is 7.86. The van der Waals surface area contributed by atoms with Crippen molar-refractivity contribution in [3.05, 3.63) is 63.7 Å². The van der Waals surface area contributed by atoms with Crippen molar-refractivity contribution in [3.63, 3.8) is 0 Å². The number of hydrogen-bond acceptors (Lipinski definition) is 4. The van der Waals surface area contributed by atoms with Crippen LogP contribution in [-0.4, -0.2) is 34.9 Å². The smallest absolute Gasteiger partial charge is 0.269 e. The van der Waals surface area contributed by atoms with Crippen LogP contribution in [0.25, 0.3) is 11.1 Å². The molecule has 0 bridgehead atoms. The summed E-state index contributed by atoms with van der Waals surface area (Å²) in [5, 5.41) is 10.9. The second-order valence-corrected chi connectivity index (χ2v) is 6.14. The zero-order valence-electron chi connectivity index (χ0n) is 13.4. The summed E-state index contributed by atoms with van der Waals surface area (Å²) in [5.74, 6) is -0.0237. The van der Waals surface area contributed by atoms with E-state index in [4.69, 9.17) is 5.73 Å². The third-order valence-electron chi connectivity index (χ3n) is 4.35. The number of nitro benzene ring substituents is 1. The molecule has 0 aromatic heterocycles. The zero-order valence-corrected chi connectivity index (χ0v) is 13.4. The van der Waals surface area contributed by atoms with Gasteiger partial charge in [-0.25, -0.2) is 0 Å². The maximum absolute atomic E-state index is 12.6. The predicted octanol–water partition coefficient (Wildman–Crippen LogP) is 2.74. The van der Waals surface area contributed by atoms with Crippen molar-refractivity contribution in [3.8, 4) is 11.1 Å². The molecule has 2 N–H and O–H groups in total. The SMILES string of the molecule is Cc1cc([N+](=O)[O-])ccc1-c1cccc(C(=O)N2CCC(N)C2)c1. The highest BCUT2D eigenvalue weighted by Crippen LogP contribution is 2.28. The lowest BCUT2D eigenvalue weighted by Gasteiger charge is -2.16. The van der Waals surface area contributed by atoms with E-state index < -0.39 is 4.92 Å². The molecule has 24 heavy (non-hydrogen) atoms. The van der Waals surface area contributed by atoms with Crippen LogP contribution < -0.4 is 5.73 Å². The number of nitrogens with two attached hydrogens (primary N) is 1. The zero-order chi connectivity index (χ0) is 17.3. The Morgan fingerprint density at radius 2 is 2.08 bits per heavy atom. The fourth-order valence-electron chi connectivity index (χ4n) is 3.06. The number of rotatable bonds is 3. The van der Waals surface area contributed by atoms with Crippen molar-refractivity contribution in [2.75, 3.05) is 13.1 Å². The van der Waals surface area contributed by atoms with Gasteiger partial charge >= 0.3 is 0 Å². The highest BCUT2D eigenvalue weighted by Gasteiger charge is 2.24. The van der Waals surface area contributed by atoms with Gasteiger partial charge in [0.15, 0.2) is 0 Å². The van der Waals surface area contributed by atoms with Gasteiger partial charge in [-0.2, -0.15) is 0 Å². The van der Waals surface area contributed by atoms with E-state index in [1.807, 2.05) is 25.1 Å². The summed E-state index contributed by atoms with van der Waals surface area (Å²) in [5.41, 5.74) is 9.10. The van der Waals surface area contributed by atoms with Gasteiger partial charge in [0, 0.05) is 36.8 Å². The molecule has 0 radical (unpaired) electrons. The van der Waals surface area contributed by atoms with Crippen LogP contribution >= 0.6 is 0 Å². The summed E-state index contributed by atoms with van der Waals surface area (Å²) in [6.45, 7) is 3.09. The lowest BCUT2D eigenvalue weighted by Crippen LogP contribution is -2.31. The minimum Gasteiger partial charge on any atom is -0.337 e. The fraction of sp³-hybridized carbons (Fsp3) is 0.278. The number of non-ortho nitro benzene ring substituents is 1. The second-order valence-electron chi connectivity index (χ2n) is 6.14. The summed E-state index contributed by atoms with van der Waals surface area (Å²) < 4.78 is 0. The molecule has 1 aliphatic heterocycles. The highest BCUT2D eigenvalue weighted by molar-refractivity contribution is 5.95. The van der Waals surface area contributed by atoms with Crippen molar-refractivity contribution in [2.45, 2.75) is 19.4 Å². The van der Waals surface area contributed by atoms with Crippen molar-refractivity contribution in [1.82, 2.24) is 4.90 Å². The quantitative estimate of drug-likeness (QED) is 0.694. The number of carbonyl (C=O) groups is 1. The number of hydrogen-bond donors (Lipinski definition) is 1. The number of likely N-dealkylation sites (tertiary alicyclic amines) is 1. The normalized spacial score (nSPS) is 17.1. The topological polar surface area (TPSA) is 89.5 Å². The Labute approximate surface area is 140 Å². The summed E-state index contributed by atoms with van der Waals surface area (Å²) in [7, 11) is 0. The van der Waals surface area contributed by atoms with Crippen LogP contribution in [0.1, 0.15) is 22.3 Å². The number of nitrogens with zero attached hydrogens (tertiary/aromatic N) is 2. The number of nitro groups is 1. The molecular formula is C18H19N3O3. The monoisotopic (exact) mass is 325 g/mol. The number of benzene rings is 2. The molecule has 1 saturated heterocycles. The van der Waals surface area contributed by atoms with Crippen LogP contribution in [-0.2, 0) is 0 Å². The average molecular weight is 325 g/mol. The molecule has 1 fully saturated rings. The molecular weight excluding hydrogens is 306 g/mol. The summed E-state index contributed by atoms with van der Waals surface area (Å²) in [6, 6.07) is 12.2. The highest BCUT2D eigenvalue weighted by atomic mass is 16.6. The Kier molecular flexibility index (Phi) is 4.31. The Balaban J connectivity index is 1.91. The Hall–Kier alpha value is -2.73. The largest absolute Gasteiger partial charge is 0.337 e. The molecule has 6 heteroatoms. The van der Waals surface area contributed by atoms with Crippen LogP contribution in [0.4, 0.5) is 5.69 Å². The summed E-state index contributed by atoms with van der Waals surface area (Å²) >= 11 is 0. The first-order chi connectivity index (χ1) is 11.5. The first kappa shape index (κ1) is 16.1.